The Morgan fingerprint density at radius 3 is 1.40 bits per heavy atom. The first kappa shape index (κ1) is 88.4. The van der Waals surface area contributed by atoms with Gasteiger partial charge in [0, 0.05) is 68.9 Å². The number of nitrogens with two attached hydrogens (primary N) is 7. The van der Waals surface area contributed by atoms with Gasteiger partial charge in [-0.1, -0.05) is 59.6 Å². The minimum Gasteiger partial charge on any atom is -0.508 e. The Hall–Kier alpha value is -7.61. The van der Waals surface area contributed by atoms with E-state index < -0.39 is 169 Å². The molecule has 12 atom stereocenters. The summed E-state index contributed by atoms with van der Waals surface area (Å²) in [6.07, 6.45) is -0.174. The average Bonchev–Trinajstić information content (AvgIpc) is 0.880. The van der Waals surface area contributed by atoms with Crippen LogP contribution in [-0.4, -0.2) is 184 Å². The van der Waals surface area contributed by atoms with E-state index in [0.29, 0.717) is 31.4 Å². The number of carbonyl (C=O) groups is 12. The number of amides is 6. The molecular formula is C67H114N14O16S. The molecule has 0 aromatic heterocycles. The lowest BCUT2D eigenvalue weighted by Crippen LogP contribution is -2.51. The molecular weight excluding hydrogens is 1290 g/mol. The second-order valence-corrected chi connectivity index (χ2v) is 27.2. The minimum absolute atomic E-state index is 0.00380. The predicted molar refractivity (Wildman–Crippen MR) is 374 cm³/mol. The maximum absolute atomic E-state index is 14.6. The third kappa shape index (κ3) is 36.3. The summed E-state index contributed by atoms with van der Waals surface area (Å²) < 4.78 is 0. The van der Waals surface area contributed by atoms with Gasteiger partial charge in [0.15, 0.2) is 35.1 Å². The van der Waals surface area contributed by atoms with Crippen LogP contribution in [0.2, 0.25) is 0 Å². The molecule has 0 saturated heterocycles. The summed E-state index contributed by atoms with van der Waals surface area (Å²) in [6.45, 7) is 10.3. The zero-order chi connectivity index (χ0) is 74.2. The Balaban J connectivity index is 3.64. The highest BCUT2D eigenvalue weighted by Gasteiger charge is 2.38. The summed E-state index contributed by atoms with van der Waals surface area (Å²) in [5.74, 6) is -16.7. The summed E-state index contributed by atoms with van der Waals surface area (Å²) in [6, 6.07) is -1.20. The number of carboxylic acid groups (broad SMARTS) is 1. The molecule has 0 spiro atoms. The number of rotatable bonds is 55. The SMILES string of the molecule is CSCC[C@H](NC(=O)[C@H](CO)CC(=O)[C@H](CCCN=C(N)N)NC(=O)[C@@H](CC(=O)[C@H](C)CCCCN)CC(C)C)C(=O)C[C@H](C(=O)N[C@@H](CC(=O)O)C(=O)C[C@@H](CCCCN)C(=O)N[C@@H](Cc1ccc(O)cc1)C(=O)C[C@@H](CCCN=C(N)N)C(=O)N[C@@H](CC(C)C)C(N)=O)[C@@H](C)O. The van der Waals surface area contributed by atoms with Crippen molar-refractivity contribution in [1.29, 1.82) is 0 Å². The van der Waals surface area contributed by atoms with Crippen LogP contribution in [0.4, 0.5) is 0 Å². The van der Waals surface area contributed by atoms with Crippen molar-refractivity contribution in [3.63, 3.8) is 0 Å². The number of thioether (sulfide) groups is 1. The number of guanidine groups is 2. The Morgan fingerprint density at radius 2 is 0.908 bits per heavy atom. The van der Waals surface area contributed by atoms with Crippen molar-refractivity contribution in [3.05, 3.63) is 29.8 Å². The molecule has 1 aromatic carbocycles. The smallest absolute Gasteiger partial charge is 0.305 e. The summed E-state index contributed by atoms with van der Waals surface area (Å²) in [5, 5.41) is 54.9. The molecule has 0 saturated carbocycles. The normalized spacial score (nSPS) is 15.0. The highest BCUT2D eigenvalue weighted by Crippen LogP contribution is 2.25. The number of primary amides is 1. The van der Waals surface area contributed by atoms with Crippen LogP contribution in [-0.2, 0) is 64.0 Å². The number of aliphatic hydroxyl groups excluding tert-OH is 2. The quantitative estimate of drug-likeness (QED) is 0.0239. The molecule has 6 amide bonds. The van der Waals surface area contributed by atoms with Gasteiger partial charge in [-0.15, -0.1) is 0 Å². The highest BCUT2D eigenvalue weighted by molar-refractivity contribution is 7.98. The molecule has 31 heteroatoms. The molecule has 0 aliphatic rings. The number of aliphatic carboxylic acids is 1. The fraction of sp³-hybridized carbons (Fsp3) is 0.701. The number of aliphatic hydroxyl groups is 2. The van der Waals surface area contributed by atoms with E-state index in [1.165, 1.54) is 43.0 Å². The number of phenolic OH excluding ortho intramolecular Hbond substituents is 1. The molecule has 0 radical (unpaired) electrons. The number of hydrogen-bond donors (Lipinski definition) is 16. The molecule has 0 fully saturated rings. The van der Waals surface area contributed by atoms with Gasteiger partial charge in [-0.05, 0) is 139 Å². The Bertz CT molecular complexity index is 2780. The second kappa shape index (κ2) is 48.2. The van der Waals surface area contributed by atoms with E-state index >= 15 is 0 Å². The summed E-state index contributed by atoms with van der Waals surface area (Å²) >= 11 is 1.30. The maximum atomic E-state index is 14.6. The van der Waals surface area contributed by atoms with Crippen LogP contribution >= 0.6 is 11.8 Å². The van der Waals surface area contributed by atoms with Crippen molar-refractivity contribution in [2.45, 2.75) is 206 Å². The first-order chi connectivity index (χ1) is 46.2. The number of aliphatic imine (C=N–C) groups is 2. The largest absolute Gasteiger partial charge is 0.508 e. The van der Waals surface area contributed by atoms with E-state index in [2.05, 4.69) is 36.6 Å². The van der Waals surface area contributed by atoms with Gasteiger partial charge in [-0.2, -0.15) is 11.8 Å². The standard InChI is InChI=1S/C67H114N14O16S/c1-38(2)28-45(33-54(85)40(5)14-8-10-23-68)63(95)77-49(17-13-26-76-67(73)74)55(86)34-46(37-82)64(96)78-50(22-27-98-7)58(89)35-48(41(6)83)65(97)80-52(36-59(90)91)57(88)31-43(15-9-11-24-69)61(93)79-51(30-42-18-20-47(84)21-19-42)56(87)32-44(16-12-25-75-66(71)72)62(94)81-53(60(70)92)29-39(3)4/h18-21,38-41,43-46,48-53,82-84H,8-17,22-37,68-69H2,1-7H3,(H2,70,92)(H,77,95)(H,78,96)(H,79,93)(H,80,97)(H,81,94)(H,90,91)(H4,71,72,75)(H4,73,74,76)/t40-,41-,43-,44-,45-,46+,48+,49+,50+,51+,52+,53+/m1/s1. The predicted octanol–water partition coefficient (Wildman–Crippen LogP) is 0.415. The van der Waals surface area contributed by atoms with E-state index in [0.717, 1.165) is 12.8 Å². The monoisotopic (exact) mass is 1400 g/mol. The summed E-state index contributed by atoms with van der Waals surface area (Å²) in [4.78, 5) is 175. The van der Waals surface area contributed by atoms with E-state index in [1.807, 2.05) is 27.7 Å². The van der Waals surface area contributed by atoms with Crippen LogP contribution in [0.3, 0.4) is 0 Å². The number of phenols is 1. The van der Waals surface area contributed by atoms with Crippen LogP contribution in [0, 0.1) is 47.3 Å². The van der Waals surface area contributed by atoms with Crippen molar-refractivity contribution in [1.82, 2.24) is 26.6 Å². The molecule has 1 aromatic rings. The van der Waals surface area contributed by atoms with E-state index in [1.54, 1.807) is 13.2 Å². The van der Waals surface area contributed by atoms with Gasteiger partial charge in [0.05, 0.1) is 55.1 Å². The molecule has 30 nitrogen and oxygen atoms in total. The Kier molecular flexibility index (Phi) is 43.5. The Morgan fingerprint density at radius 1 is 0.480 bits per heavy atom. The van der Waals surface area contributed by atoms with E-state index in [9.17, 15) is 78.0 Å². The number of nitrogens with zero attached hydrogens (tertiary/aromatic N) is 2. The number of hydrogen-bond acceptors (Lipinski definition) is 20. The fourth-order valence-corrected chi connectivity index (χ4v) is 11.5. The van der Waals surface area contributed by atoms with Gasteiger partial charge in [-0.25, -0.2) is 0 Å². The number of carbonyl (C=O) groups excluding carboxylic acids is 11. The first-order valence-electron chi connectivity index (χ1n) is 33.9. The molecule has 0 heterocycles. The molecule has 0 aliphatic carbocycles. The number of aromatic hydroxyl groups is 1. The highest BCUT2D eigenvalue weighted by atomic mass is 32.2. The van der Waals surface area contributed by atoms with Gasteiger partial charge in [-0.3, -0.25) is 67.5 Å². The van der Waals surface area contributed by atoms with Crippen molar-refractivity contribution in [2.75, 3.05) is 44.8 Å². The topological polar surface area (TPSA) is 553 Å². The Labute approximate surface area is 580 Å². The summed E-state index contributed by atoms with van der Waals surface area (Å²) in [7, 11) is 0. The summed E-state index contributed by atoms with van der Waals surface area (Å²) in [5.41, 5.74) is 39.6. The molecule has 0 aliphatic heterocycles. The number of carboxylic acids is 1. The lowest BCUT2D eigenvalue weighted by Gasteiger charge is -2.27. The van der Waals surface area contributed by atoms with E-state index in [-0.39, 0.29) is 131 Å². The minimum atomic E-state index is -1.85. The third-order valence-electron chi connectivity index (χ3n) is 16.7. The first-order valence-corrected chi connectivity index (χ1v) is 35.3. The number of ketones is 5. The lowest BCUT2D eigenvalue weighted by molar-refractivity contribution is -0.142. The van der Waals surface area contributed by atoms with Gasteiger partial charge >= 0.3 is 5.97 Å². The molecule has 98 heavy (non-hydrogen) atoms. The van der Waals surface area contributed by atoms with Gasteiger partial charge < -0.3 is 87.1 Å². The molecule has 0 bridgehead atoms. The third-order valence-corrected chi connectivity index (χ3v) is 17.4. The number of nitrogens with one attached hydrogen (secondary N) is 5. The maximum Gasteiger partial charge on any atom is 0.305 e. The van der Waals surface area contributed by atoms with Crippen LogP contribution in [0.1, 0.15) is 169 Å². The zero-order valence-corrected chi connectivity index (χ0v) is 59.1. The van der Waals surface area contributed by atoms with Crippen molar-refractivity contribution in [3.8, 4) is 5.75 Å². The molecule has 0 unspecified atom stereocenters. The number of Topliss-reactive ketones (excluding diaryl/α,β-unsaturated/α-hetero) is 5. The molecule has 1 rings (SSSR count). The van der Waals surface area contributed by atoms with Gasteiger partial charge in [0.2, 0.25) is 35.4 Å². The van der Waals surface area contributed by atoms with Crippen LogP contribution in [0.15, 0.2) is 34.3 Å². The van der Waals surface area contributed by atoms with E-state index in [4.69, 9.17) is 40.1 Å². The van der Waals surface area contributed by atoms with Gasteiger partial charge in [0.1, 0.15) is 17.6 Å². The number of unbranched alkanes of at least 4 members (excludes halogenated alkanes) is 2. The van der Waals surface area contributed by atoms with Crippen LogP contribution in [0.5, 0.6) is 5.75 Å². The van der Waals surface area contributed by atoms with Crippen LogP contribution in [0.25, 0.3) is 0 Å². The van der Waals surface area contributed by atoms with Crippen molar-refractivity contribution in [2.24, 2.45) is 97.5 Å². The van der Waals surface area contributed by atoms with Gasteiger partial charge in [0.25, 0.3) is 0 Å². The fourth-order valence-electron chi connectivity index (χ4n) is 11.1. The zero-order valence-electron chi connectivity index (χ0n) is 58.3. The molecule has 554 valence electrons. The molecule has 23 N–H and O–H groups in total. The lowest BCUT2D eigenvalue weighted by atomic mass is 9.86. The second-order valence-electron chi connectivity index (χ2n) is 26.3. The van der Waals surface area contributed by atoms with Crippen molar-refractivity contribution < 1.29 is 78.0 Å². The number of benzene rings is 1. The average molecular weight is 1400 g/mol. The van der Waals surface area contributed by atoms with Crippen molar-refractivity contribution >= 4 is 94.0 Å². The van der Waals surface area contributed by atoms with Crippen LogP contribution < -0.4 is 66.7 Å².